The van der Waals surface area contributed by atoms with Gasteiger partial charge in [0.25, 0.3) is 0 Å². The number of carbonyl (C=O) groups excluding carboxylic acids is 1. The number of nitrogens with zero attached hydrogens (tertiary/aromatic N) is 3. The van der Waals surface area contributed by atoms with Crippen LogP contribution in [0.25, 0.3) is 0 Å². The molecule has 2 rings (SSSR count). The quantitative estimate of drug-likeness (QED) is 0.645. The Hall–Kier alpha value is -1.09. The molecule has 0 atom stereocenters. The van der Waals surface area contributed by atoms with Crippen LogP contribution in [0.1, 0.15) is 23.0 Å². The molecule has 0 spiro atoms. The van der Waals surface area contributed by atoms with Crippen LogP contribution in [0, 0.1) is 6.92 Å². The van der Waals surface area contributed by atoms with E-state index in [9.17, 15) is 13.9 Å². The van der Waals surface area contributed by atoms with E-state index in [1.807, 2.05) is 4.90 Å². The number of hydrogen-bond acceptors (Lipinski definition) is 7. The van der Waals surface area contributed by atoms with E-state index in [4.69, 9.17) is 16.3 Å². The number of carbonyl (C=O) groups is 1. The molecule has 9 heteroatoms. The monoisotopic (exact) mass is 335 g/mol. The highest BCUT2D eigenvalue weighted by Gasteiger charge is 2.28. The Balaban J connectivity index is 2.36. The Kier molecular flexibility index (Phi) is 4.92. The number of aryl methyl sites for hydroxylation is 1. The van der Waals surface area contributed by atoms with Gasteiger partial charge >= 0.3 is 5.97 Å². The first-order chi connectivity index (χ1) is 9.84. The fourth-order valence-corrected chi connectivity index (χ4v) is 3.57. The van der Waals surface area contributed by atoms with Crippen LogP contribution >= 0.6 is 22.2 Å². The third-order valence-electron chi connectivity index (χ3n) is 3.20. The first kappa shape index (κ1) is 16.3. The summed E-state index contributed by atoms with van der Waals surface area (Å²) in [6, 6.07) is 0. The molecule has 1 saturated heterocycles. The van der Waals surface area contributed by atoms with Gasteiger partial charge in [-0.15, -0.1) is 0 Å². The van der Waals surface area contributed by atoms with Crippen LogP contribution in [0.5, 0.6) is 0 Å². The number of esters is 1. The minimum absolute atomic E-state index is 0.0488. The summed E-state index contributed by atoms with van der Waals surface area (Å²) in [5.74, 6) is 0.381. The van der Waals surface area contributed by atoms with Gasteiger partial charge in [0, 0.05) is 13.1 Å². The van der Waals surface area contributed by atoms with E-state index in [2.05, 4.69) is 9.97 Å². The zero-order valence-electron chi connectivity index (χ0n) is 11.9. The Labute approximate surface area is 129 Å². The van der Waals surface area contributed by atoms with Crippen LogP contribution in [0.3, 0.4) is 0 Å². The molecule has 2 N–H and O–H groups in total. The van der Waals surface area contributed by atoms with Crippen molar-refractivity contribution < 1.29 is 18.6 Å². The van der Waals surface area contributed by atoms with Crippen molar-refractivity contribution >= 4 is 34.0 Å². The van der Waals surface area contributed by atoms with Gasteiger partial charge in [0.1, 0.15) is 11.4 Å². The van der Waals surface area contributed by atoms with Crippen molar-refractivity contribution in [2.45, 2.75) is 13.8 Å². The van der Waals surface area contributed by atoms with Gasteiger partial charge in [-0.05, 0) is 25.4 Å². The lowest BCUT2D eigenvalue weighted by Gasteiger charge is -2.41. The fraction of sp³-hybridized carbons (Fsp3) is 0.583. The molecule has 0 radical (unpaired) electrons. The average Bonchev–Trinajstić information content (AvgIpc) is 2.37. The van der Waals surface area contributed by atoms with Gasteiger partial charge in [0.05, 0.1) is 23.8 Å². The lowest BCUT2D eigenvalue weighted by Crippen LogP contribution is -2.40. The standard InChI is InChI=1S/C12H18ClN3O4S/c1-3-20-11(17)9-8(2)14-12(13)15-10(9)16-4-6-21(18,19)7-5-16/h18-19H,3-7H2,1-2H3. The van der Waals surface area contributed by atoms with Crippen LogP contribution in [0.15, 0.2) is 0 Å². The second-order valence-corrected chi connectivity index (χ2v) is 7.45. The predicted molar refractivity (Wildman–Crippen MR) is 82.5 cm³/mol. The smallest absolute Gasteiger partial charge is 0.343 e. The van der Waals surface area contributed by atoms with Gasteiger partial charge in [-0.25, -0.2) is 9.78 Å². The average molecular weight is 336 g/mol. The van der Waals surface area contributed by atoms with Gasteiger partial charge in [-0.3, -0.25) is 9.11 Å². The molecule has 118 valence electrons. The number of halogens is 1. The molecular formula is C12H18ClN3O4S. The number of aromatic nitrogens is 2. The molecule has 1 aliphatic heterocycles. The molecule has 0 aromatic carbocycles. The summed E-state index contributed by atoms with van der Waals surface area (Å²) in [5.41, 5.74) is 0.722. The molecule has 2 heterocycles. The van der Waals surface area contributed by atoms with Crippen molar-refractivity contribution in [1.82, 2.24) is 9.97 Å². The van der Waals surface area contributed by atoms with Crippen LogP contribution in [-0.2, 0) is 4.74 Å². The van der Waals surface area contributed by atoms with Crippen LogP contribution in [-0.4, -0.2) is 56.2 Å². The lowest BCUT2D eigenvalue weighted by atomic mass is 10.2. The lowest BCUT2D eigenvalue weighted by molar-refractivity contribution is 0.0525. The van der Waals surface area contributed by atoms with Crippen LogP contribution in [0.2, 0.25) is 5.28 Å². The molecule has 0 saturated carbocycles. The third-order valence-corrected chi connectivity index (χ3v) is 5.04. The molecular weight excluding hydrogens is 318 g/mol. The molecule has 0 amide bonds. The Morgan fingerprint density at radius 3 is 2.57 bits per heavy atom. The number of hydrogen-bond donors (Lipinski definition) is 2. The molecule has 1 aromatic rings. The summed E-state index contributed by atoms with van der Waals surface area (Å²) >= 11 is 5.88. The van der Waals surface area contributed by atoms with E-state index >= 15 is 0 Å². The summed E-state index contributed by atoms with van der Waals surface area (Å²) in [5, 5.41) is 0.0488. The SMILES string of the molecule is CCOC(=O)c1c(C)nc(Cl)nc1N1CCS(O)(O)CC1. The van der Waals surface area contributed by atoms with Gasteiger partial charge in [0.2, 0.25) is 5.28 Å². The summed E-state index contributed by atoms with van der Waals surface area (Å²) in [6.07, 6.45) is 0. The van der Waals surface area contributed by atoms with Gasteiger partial charge in [-0.1, -0.05) is 0 Å². The third kappa shape index (κ3) is 3.76. The molecule has 21 heavy (non-hydrogen) atoms. The minimum Gasteiger partial charge on any atom is -0.462 e. The maximum absolute atomic E-state index is 12.1. The maximum Gasteiger partial charge on any atom is 0.343 e. The van der Waals surface area contributed by atoms with Crippen molar-refractivity contribution in [2.75, 3.05) is 36.1 Å². The zero-order valence-corrected chi connectivity index (χ0v) is 13.4. The largest absolute Gasteiger partial charge is 0.462 e. The van der Waals surface area contributed by atoms with Crippen LogP contribution in [0.4, 0.5) is 5.82 Å². The highest BCUT2D eigenvalue weighted by molar-refractivity contribution is 8.24. The maximum atomic E-state index is 12.1. The highest BCUT2D eigenvalue weighted by atomic mass is 35.5. The van der Waals surface area contributed by atoms with Gasteiger partial charge < -0.3 is 9.64 Å². The fourth-order valence-electron chi connectivity index (χ4n) is 2.13. The Morgan fingerprint density at radius 2 is 2.00 bits per heavy atom. The topological polar surface area (TPSA) is 95.8 Å². The van der Waals surface area contributed by atoms with Crippen molar-refractivity contribution in [3.63, 3.8) is 0 Å². The zero-order chi connectivity index (χ0) is 15.6. The van der Waals surface area contributed by atoms with Gasteiger partial charge in [0.15, 0.2) is 0 Å². The summed E-state index contributed by atoms with van der Waals surface area (Å²) in [4.78, 5) is 22.0. The predicted octanol–water partition coefficient (Wildman–Crippen LogP) is 2.19. The van der Waals surface area contributed by atoms with E-state index < -0.39 is 16.6 Å². The second-order valence-electron chi connectivity index (χ2n) is 4.69. The summed E-state index contributed by atoms with van der Waals surface area (Å²) in [7, 11) is -2.52. The molecule has 1 fully saturated rings. The number of ether oxygens (including phenoxy) is 1. The van der Waals surface area contributed by atoms with Crippen molar-refractivity contribution in [1.29, 1.82) is 0 Å². The summed E-state index contributed by atoms with van der Waals surface area (Å²) in [6.45, 7) is 4.42. The minimum atomic E-state index is -2.52. The Morgan fingerprint density at radius 1 is 1.38 bits per heavy atom. The van der Waals surface area contributed by atoms with E-state index in [0.717, 1.165) is 0 Å². The molecule has 0 unspecified atom stereocenters. The van der Waals surface area contributed by atoms with Crippen molar-refractivity contribution in [3.8, 4) is 0 Å². The van der Waals surface area contributed by atoms with E-state index in [-0.39, 0.29) is 29.0 Å². The first-order valence-electron chi connectivity index (χ1n) is 6.54. The second kappa shape index (κ2) is 6.35. The van der Waals surface area contributed by atoms with Crippen molar-refractivity contribution in [3.05, 3.63) is 16.5 Å². The van der Waals surface area contributed by atoms with E-state index in [0.29, 0.717) is 24.6 Å². The Bertz CT molecular complexity index is 546. The normalized spacial score (nSPS) is 19.2. The number of rotatable bonds is 3. The summed E-state index contributed by atoms with van der Waals surface area (Å²) < 4.78 is 24.4. The molecule has 7 nitrogen and oxygen atoms in total. The van der Waals surface area contributed by atoms with Gasteiger partial charge in [-0.2, -0.15) is 15.6 Å². The van der Waals surface area contributed by atoms with E-state index in [1.165, 1.54) is 0 Å². The highest BCUT2D eigenvalue weighted by Crippen LogP contribution is 2.41. The molecule has 0 aliphatic carbocycles. The molecule has 1 aliphatic rings. The van der Waals surface area contributed by atoms with Crippen molar-refractivity contribution in [2.24, 2.45) is 0 Å². The molecule has 1 aromatic heterocycles. The van der Waals surface area contributed by atoms with Crippen LogP contribution < -0.4 is 4.90 Å². The first-order valence-corrected chi connectivity index (χ1v) is 8.80. The van der Waals surface area contributed by atoms with E-state index in [1.54, 1.807) is 13.8 Å². The number of anilines is 1. The molecule has 0 bridgehead atoms.